The lowest BCUT2D eigenvalue weighted by atomic mass is 10.1. The van der Waals surface area contributed by atoms with Crippen LogP contribution in [0.5, 0.6) is 0 Å². The minimum atomic E-state index is -0.266. The fourth-order valence-corrected chi connectivity index (χ4v) is 4.62. The summed E-state index contributed by atoms with van der Waals surface area (Å²) in [6, 6.07) is 23.8. The Morgan fingerprint density at radius 1 is 0.628 bits per heavy atom. The number of ether oxygens (including phenoxy) is 2. The second-order valence-electron chi connectivity index (χ2n) is 10.9. The minimum absolute atomic E-state index is 0.266. The van der Waals surface area contributed by atoms with Crippen LogP contribution in [-0.2, 0) is 31.9 Å². The highest BCUT2D eigenvalue weighted by Crippen LogP contribution is 2.35. The summed E-state index contributed by atoms with van der Waals surface area (Å²) < 4.78 is 10.6. The summed E-state index contributed by atoms with van der Waals surface area (Å²) in [4.78, 5) is 25.8. The molecule has 0 amide bonds. The van der Waals surface area contributed by atoms with Crippen LogP contribution in [0.3, 0.4) is 0 Å². The van der Waals surface area contributed by atoms with Gasteiger partial charge in [-0.15, -0.1) is 0 Å². The van der Waals surface area contributed by atoms with Crippen molar-refractivity contribution >= 4 is 29.0 Å². The number of aryl methyl sites for hydroxylation is 4. The summed E-state index contributed by atoms with van der Waals surface area (Å²) in [5, 5.41) is 0. The Bertz CT molecular complexity index is 1260. The van der Waals surface area contributed by atoms with Crippen molar-refractivity contribution in [1.29, 1.82) is 0 Å². The molecule has 0 bridgehead atoms. The number of hydrogen-bond donors (Lipinski definition) is 0. The maximum atomic E-state index is 11.8. The number of carbonyl (C=O) groups excluding carboxylic acids is 2. The number of allylic oxidation sites excluding steroid dienone is 2. The number of rotatable bonds is 17. The van der Waals surface area contributed by atoms with E-state index in [4.69, 9.17) is 9.47 Å². The third-order valence-corrected chi connectivity index (χ3v) is 7.26. The van der Waals surface area contributed by atoms with E-state index in [2.05, 4.69) is 99.3 Å². The fraction of sp³-hybridized carbons (Fsp3) is 0.368. The minimum Gasteiger partial charge on any atom is -0.463 e. The Morgan fingerprint density at radius 2 is 1.07 bits per heavy atom. The third kappa shape index (κ3) is 11.6. The molecule has 5 heteroatoms. The zero-order valence-corrected chi connectivity index (χ0v) is 26.3. The van der Waals surface area contributed by atoms with Crippen molar-refractivity contribution in [1.82, 2.24) is 0 Å². The quantitative estimate of drug-likeness (QED) is 0.0903. The van der Waals surface area contributed by atoms with E-state index in [1.807, 2.05) is 12.2 Å². The van der Waals surface area contributed by atoms with Crippen molar-refractivity contribution in [2.75, 3.05) is 18.1 Å². The van der Waals surface area contributed by atoms with Gasteiger partial charge in [0.2, 0.25) is 0 Å². The maximum Gasteiger partial charge on any atom is 0.330 e. The Balaban J connectivity index is 1.64. The standard InChI is InChI=1S/C38H47NO4/c1-5-7-9-15-37(40)42-27-11-13-32-18-23-34(24-19-32)39(36-22-17-30(3)31(4)29-36)35-25-20-33(21-26-35)14-12-28-43-38(41)16-10-8-6-2/h9-10,15-26,29H,5-8,11-14,27-28H2,1-4H3/b15-9+,16-10+. The normalized spacial score (nSPS) is 11.3. The highest BCUT2D eigenvalue weighted by molar-refractivity contribution is 5.82. The molecule has 0 heterocycles. The molecule has 0 N–H and O–H groups in total. The van der Waals surface area contributed by atoms with E-state index < -0.39 is 0 Å². The monoisotopic (exact) mass is 581 g/mol. The van der Waals surface area contributed by atoms with Crippen LogP contribution in [-0.4, -0.2) is 25.2 Å². The zero-order valence-electron chi connectivity index (χ0n) is 26.3. The van der Waals surface area contributed by atoms with Crippen LogP contribution in [0, 0.1) is 13.8 Å². The van der Waals surface area contributed by atoms with Crippen LogP contribution in [0.2, 0.25) is 0 Å². The van der Waals surface area contributed by atoms with E-state index in [0.29, 0.717) is 13.2 Å². The van der Waals surface area contributed by atoms with E-state index in [-0.39, 0.29) is 11.9 Å². The lowest BCUT2D eigenvalue weighted by Gasteiger charge is -2.26. The van der Waals surface area contributed by atoms with Gasteiger partial charge in [-0.1, -0.05) is 69.2 Å². The second-order valence-corrected chi connectivity index (χ2v) is 10.9. The molecule has 0 spiro atoms. The molecule has 3 rings (SSSR count). The fourth-order valence-electron chi connectivity index (χ4n) is 4.62. The molecule has 0 saturated heterocycles. The molecule has 43 heavy (non-hydrogen) atoms. The average Bonchev–Trinajstić information content (AvgIpc) is 3.01. The summed E-state index contributed by atoms with van der Waals surface area (Å²) in [7, 11) is 0. The van der Waals surface area contributed by atoms with Crippen molar-refractivity contribution in [3.05, 3.63) is 113 Å². The molecule has 3 aromatic carbocycles. The van der Waals surface area contributed by atoms with Gasteiger partial charge in [0.15, 0.2) is 0 Å². The molecule has 0 fully saturated rings. The lowest BCUT2D eigenvalue weighted by molar-refractivity contribution is -0.138. The number of hydrogen-bond acceptors (Lipinski definition) is 5. The zero-order chi connectivity index (χ0) is 30.9. The van der Waals surface area contributed by atoms with Crippen molar-refractivity contribution in [3.8, 4) is 0 Å². The summed E-state index contributed by atoms with van der Waals surface area (Å²) in [6.45, 7) is 9.26. The first-order valence-corrected chi connectivity index (χ1v) is 15.6. The van der Waals surface area contributed by atoms with Crippen molar-refractivity contribution in [3.63, 3.8) is 0 Å². The first-order valence-electron chi connectivity index (χ1n) is 15.6. The van der Waals surface area contributed by atoms with Gasteiger partial charge in [0.05, 0.1) is 13.2 Å². The van der Waals surface area contributed by atoms with E-state index in [0.717, 1.165) is 68.4 Å². The van der Waals surface area contributed by atoms with Gasteiger partial charge < -0.3 is 14.4 Å². The van der Waals surface area contributed by atoms with Crippen molar-refractivity contribution in [2.24, 2.45) is 0 Å². The van der Waals surface area contributed by atoms with Gasteiger partial charge in [0.25, 0.3) is 0 Å². The molecule has 0 aliphatic rings. The molecule has 0 aliphatic carbocycles. The molecule has 0 aliphatic heterocycles. The van der Waals surface area contributed by atoms with Gasteiger partial charge in [0.1, 0.15) is 0 Å². The molecule has 0 atom stereocenters. The van der Waals surface area contributed by atoms with Crippen LogP contribution in [0.1, 0.15) is 74.6 Å². The first-order chi connectivity index (χ1) is 20.9. The van der Waals surface area contributed by atoms with Gasteiger partial charge in [-0.2, -0.15) is 0 Å². The predicted molar refractivity (Wildman–Crippen MR) is 177 cm³/mol. The van der Waals surface area contributed by atoms with E-state index in [1.54, 1.807) is 0 Å². The largest absolute Gasteiger partial charge is 0.463 e. The molecule has 5 nitrogen and oxygen atoms in total. The van der Waals surface area contributed by atoms with Gasteiger partial charge >= 0.3 is 11.9 Å². The molecule has 0 aromatic heterocycles. The smallest absolute Gasteiger partial charge is 0.330 e. The third-order valence-electron chi connectivity index (χ3n) is 7.26. The highest BCUT2D eigenvalue weighted by Gasteiger charge is 2.13. The summed E-state index contributed by atoms with van der Waals surface area (Å²) in [5.74, 6) is -0.532. The molecular formula is C38H47NO4. The average molecular weight is 582 g/mol. The Hall–Kier alpha value is -4.12. The molecule has 0 saturated carbocycles. The molecule has 0 radical (unpaired) electrons. The van der Waals surface area contributed by atoms with Crippen LogP contribution in [0.15, 0.2) is 91.0 Å². The number of benzene rings is 3. The van der Waals surface area contributed by atoms with Crippen LogP contribution in [0.4, 0.5) is 17.1 Å². The maximum absolute atomic E-state index is 11.8. The van der Waals surface area contributed by atoms with Crippen LogP contribution >= 0.6 is 0 Å². The number of nitrogens with zero attached hydrogens (tertiary/aromatic N) is 1. The Morgan fingerprint density at radius 3 is 1.49 bits per heavy atom. The van der Waals surface area contributed by atoms with Gasteiger partial charge in [-0.25, -0.2) is 9.59 Å². The molecular weight excluding hydrogens is 534 g/mol. The summed E-state index contributed by atoms with van der Waals surface area (Å²) >= 11 is 0. The number of esters is 2. The SMILES string of the molecule is CCC/C=C/C(=O)OCCCc1ccc(N(c2ccc(CCCOC(=O)/C=C/CCC)cc2)c2ccc(C)c(C)c2)cc1. The number of anilines is 3. The van der Waals surface area contributed by atoms with Gasteiger partial charge in [-0.3, -0.25) is 0 Å². The predicted octanol–water partition coefficient (Wildman–Crippen LogP) is 9.44. The Kier molecular flexibility index (Phi) is 14.3. The summed E-state index contributed by atoms with van der Waals surface area (Å²) in [5.41, 5.74) is 8.18. The van der Waals surface area contributed by atoms with E-state index in [9.17, 15) is 9.59 Å². The topological polar surface area (TPSA) is 55.8 Å². The lowest BCUT2D eigenvalue weighted by Crippen LogP contribution is -2.10. The number of unbranched alkanes of at least 4 members (excludes halogenated alkanes) is 2. The number of carbonyl (C=O) groups is 2. The van der Waals surface area contributed by atoms with Gasteiger partial charge in [0, 0.05) is 29.2 Å². The highest BCUT2D eigenvalue weighted by atomic mass is 16.5. The summed E-state index contributed by atoms with van der Waals surface area (Å²) in [6.07, 6.45) is 13.8. The molecule has 228 valence electrons. The van der Waals surface area contributed by atoms with Gasteiger partial charge in [-0.05, 0) is 111 Å². The second kappa shape index (κ2) is 18.4. The van der Waals surface area contributed by atoms with Crippen molar-refractivity contribution < 1.29 is 19.1 Å². The van der Waals surface area contributed by atoms with Crippen LogP contribution < -0.4 is 4.90 Å². The van der Waals surface area contributed by atoms with E-state index in [1.165, 1.54) is 34.4 Å². The molecule has 0 unspecified atom stereocenters. The Labute approximate surface area is 258 Å². The van der Waals surface area contributed by atoms with E-state index >= 15 is 0 Å². The molecule has 3 aromatic rings. The van der Waals surface area contributed by atoms with Crippen molar-refractivity contribution in [2.45, 2.75) is 79.1 Å². The van der Waals surface area contributed by atoms with Crippen LogP contribution in [0.25, 0.3) is 0 Å². The first kappa shape index (κ1) is 33.4.